The molecule has 0 aromatic heterocycles. The van der Waals surface area contributed by atoms with Crippen LogP contribution in [-0.4, -0.2) is 25.0 Å². The highest BCUT2D eigenvalue weighted by Gasteiger charge is 2.24. The minimum Gasteiger partial charge on any atom is -0.258 e. The summed E-state index contributed by atoms with van der Waals surface area (Å²) in [6.07, 6.45) is 0. The number of hydrogen-bond acceptors (Lipinski definition) is 4. The fraction of sp³-hybridized carbons (Fsp3) is 0.250. The quantitative estimate of drug-likeness (QED) is 0.461. The zero-order chi connectivity index (χ0) is 11.5. The summed E-state index contributed by atoms with van der Waals surface area (Å²) in [6.45, 7) is 0. The first-order valence-electron chi connectivity index (χ1n) is 4.01. The molecule has 5 nitrogen and oxygen atoms in total. The van der Waals surface area contributed by atoms with Crippen LogP contribution in [0.25, 0.3) is 0 Å². The van der Waals surface area contributed by atoms with E-state index in [1.54, 1.807) is 0 Å². The van der Waals surface area contributed by atoms with Gasteiger partial charge in [-0.15, -0.1) is 11.6 Å². The summed E-state index contributed by atoms with van der Waals surface area (Å²) in [5, 5.41) is 10.6. The smallest absolute Gasteiger partial charge is 0.258 e. The Morgan fingerprint density at radius 3 is 2.47 bits per heavy atom. The van der Waals surface area contributed by atoms with Gasteiger partial charge in [0.05, 0.1) is 10.7 Å². The van der Waals surface area contributed by atoms with Crippen LogP contribution >= 0.6 is 11.6 Å². The van der Waals surface area contributed by atoms with Crippen molar-refractivity contribution in [3.05, 3.63) is 34.4 Å². The number of sulfone groups is 1. The van der Waals surface area contributed by atoms with Gasteiger partial charge in [-0.1, -0.05) is 12.1 Å². The van der Waals surface area contributed by atoms with Crippen molar-refractivity contribution in [2.75, 3.05) is 11.6 Å². The molecule has 7 heteroatoms. The van der Waals surface area contributed by atoms with E-state index >= 15 is 0 Å². The van der Waals surface area contributed by atoms with E-state index < -0.39 is 20.4 Å². The molecule has 0 aliphatic heterocycles. The summed E-state index contributed by atoms with van der Waals surface area (Å²) in [7, 11) is -3.66. The SMILES string of the molecule is O=[N+]([O-])c1ccccc1S(=O)(=O)CCCl. The van der Waals surface area contributed by atoms with E-state index in [0.29, 0.717) is 0 Å². The van der Waals surface area contributed by atoms with Gasteiger partial charge in [0.25, 0.3) is 5.69 Å². The molecule has 0 aliphatic rings. The predicted molar refractivity (Wildman–Crippen MR) is 55.9 cm³/mol. The second-order valence-corrected chi connectivity index (χ2v) is 5.19. The average Bonchev–Trinajstić information content (AvgIpc) is 2.17. The van der Waals surface area contributed by atoms with Crippen molar-refractivity contribution in [3.63, 3.8) is 0 Å². The minimum absolute atomic E-state index is 0.0889. The number of halogens is 1. The van der Waals surface area contributed by atoms with Crippen LogP contribution in [-0.2, 0) is 9.84 Å². The fourth-order valence-electron chi connectivity index (χ4n) is 1.08. The van der Waals surface area contributed by atoms with Gasteiger partial charge in [0.1, 0.15) is 4.90 Å². The standard InChI is InChI=1S/C8H8ClNO4S/c9-5-6-15(13,14)8-4-2-1-3-7(8)10(11)12/h1-4H,5-6H2. The number of benzene rings is 1. The number of hydrogen-bond donors (Lipinski definition) is 0. The molecule has 0 saturated heterocycles. The largest absolute Gasteiger partial charge is 0.287 e. The molecule has 0 radical (unpaired) electrons. The van der Waals surface area contributed by atoms with Crippen molar-refractivity contribution in [3.8, 4) is 0 Å². The molecule has 0 saturated carbocycles. The molecule has 0 amide bonds. The Morgan fingerprint density at radius 2 is 1.93 bits per heavy atom. The van der Waals surface area contributed by atoms with Crippen LogP contribution in [0.3, 0.4) is 0 Å². The maximum Gasteiger partial charge on any atom is 0.287 e. The average molecular weight is 250 g/mol. The van der Waals surface area contributed by atoms with E-state index in [-0.39, 0.29) is 16.5 Å². The second-order valence-electron chi connectivity index (χ2n) is 2.73. The molecule has 0 heterocycles. The van der Waals surface area contributed by atoms with Crippen LogP contribution in [0, 0.1) is 10.1 Å². The molecule has 15 heavy (non-hydrogen) atoms. The number of para-hydroxylation sites is 1. The lowest BCUT2D eigenvalue weighted by Crippen LogP contribution is -2.10. The fourth-order valence-corrected chi connectivity index (χ4v) is 2.86. The van der Waals surface area contributed by atoms with Gasteiger partial charge in [0.2, 0.25) is 0 Å². The highest BCUT2D eigenvalue weighted by atomic mass is 35.5. The molecule has 0 unspecified atom stereocenters. The summed E-state index contributed by atoms with van der Waals surface area (Å²) in [6, 6.07) is 5.22. The van der Waals surface area contributed by atoms with Crippen LogP contribution in [0.4, 0.5) is 5.69 Å². The van der Waals surface area contributed by atoms with Gasteiger partial charge >= 0.3 is 0 Å². The van der Waals surface area contributed by atoms with Crippen LogP contribution in [0.2, 0.25) is 0 Å². The number of nitro groups is 1. The lowest BCUT2D eigenvalue weighted by molar-refractivity contribution is -0.387. The lowest BCUT2D eigenvalue weighted by atomic mass is 10.3. The monoisotopic (exact) mass is 249 g/mol. The Labute approximate surface area is 91.7 Å². The van der Waals surface area contributed by atoms with E-state index in [0.717, 1.165) is 6.07 Å². The molecule has 0 bridgehead atoms. The summed E-state index contributed by atoms with van der Waals surface area (Å²) in [5.41, 5.74) is -0.414. The van der Waals surface area contributed by atoms with E-state index in [2.05, 4.69) is 0 Å². The number of alkyl halides is 1. The highest BCUT2D eigenvalue weighted by molar-refractivity contribution is 7.91. The zero-order valence-electron chi connectivity index (χ0n) is 7.59. The summed E-state index contributed by atoms with van der Waals surface area (Å²) in [4.78, 5) is 9.58. The Morgan fingerprint density at radius 1 is 1.33 bits per heavy atom. The highest BCUT2D eigenvalue weighted by Crippen LogP contribution is 2.23. The van der Waals surface area contributed by atoms with E-state index in [4.69, 9.17) is 11.6 Å². The molecule has 1 aromatic carbocycles. The first kappa shape index (κ1) is 11.9. The van der Waals surface area contributed by atoms with Gasteiger partial charge in [0.15, 0.2) is 9.84 Å². The first-order chi connectivity index (χ1) is 6.99. The van der Waals surface area contributed by atoms with Crippen molar-refractivity contribution < 1.29 is 13.3 Å². The van der Waals surface area contributed by atoms with Crippen molar-refractivity contribution in [2.24, 2.45) is 0 Å². The van der Waals surface area contributed by atoms with Crippen LogP contribution < -0.4 is 0 Å². The molecule has 0 N–H and O–H groups in total. The number of rotatable bonds is 4. The van der Waals surface area contributed by atoms with Gasteiger partial charge < -0.3 is 0 Å². The Kier molecular flexibility index (Phi) is 3.65. The lowest BCUT2D eigenvalue weighted by Gasteiger charge is -2.02. The zero-order valence-corrected chi connectivity index (χ0v) is 9.16. The van der Waals surface area contributed by atoms with Gasteiger partial charge in [0, 0.05) is 11.9 Å². The normalized spacial score (nSPS) is 11.3. The molecular formula is C8H8ClNO4S. The second kappa shape index (κ2) is 4.59. The summed E-state index contributed by atoms with van der Waals surface area (Å²) < 4.78 is 23.1. The minimum atomic E-state index is -3.66. The molecular weight excluding hydrogens is 242 g/mol. The predicted octanol–water partition coefficient (Wildman–Crippen LogP) is 1.61. The van der Waals surface area contributed by atoms with Gasteiger partial charge in [-0.25, -0.2) is 8.42 Å². The van der Waals surface area contributed by atoms with Gasteiger partial charge in [-0.2, -0.15) is 0 Å². The molecule has 0 aliphatic carbocycles. The maximum absolute atomic E-state index is 11.6. The molecule has 0 fully saturated rings. The third-order valence-corrected chi connectivity index (χ3v) is 3.91. The number of nitrogens with zero attached hydrogens (tertiary/aromatic N) is 1. The van der Waals surface area contributed by atoms with Gasteiger partial charge in [-0.3, -0.25) is 10.1 Å². The third kappa shape index (κ3) is 2.66. The Bertz CT molecular complexity index is 471. The van der Waals surface area contributed by atoms with Crippen molar-refractivity contribution in [2.45, 2.75) is 4.90 Å². The van der Waals surface area contributed by atoms with Crippen molar-refractivity contribution in [1.29, 1.82) is 0 Å². The van der Waals surface area contributed by atoms with Gasteiger partial charge in [-0.05, 0) is 6.07 Å². The Hall–Kier alpha value is -1.14. The third-order valence-electron chi connectivity index (χ3n) is 1.74. The molecule has 1 aromatic rings. The number of nitro benzene ring substituents is 1. The Balaban J connectivity index is 3.31. The molecule has 0 atom stereocenters. The summed E-state index contributed by atoms with van der Waals surface area (Å²) in [5.74, 6) is -0.395. The van der Waals surface area contributed by atoms with Crippen LogP contribution in [0.5, 0.6) is 0 Å². The van der Waals surface area contributed by atoms with E-state index in [9.17, 15) is 18.5 Å². The van der Waals surface area contributed by atoms with Crippen molar-refractivity contribution in [1.82, 2.24) is 0 Å². The summed E-state index contributed by atoms with van der Waals surface area (Å²) >= 11 is 5.32. The van der Waals surface area contributed by atoms with E-state index in [1.807, 2.05) is 0 Å². The van der Waals surface area contributed by atoms with E-state index in [1.165, 1.54) is 18.2 Å². The topological polar surface area (TPSA) is 77.3 Å². The molecule has 82 valence electrons. The molecule has 0 spiro atoms. The maximum atomic E-state index is 11.6. The van der Waals surface area contributed by atoms with Crippen LogP contribution in [0.1, 0.15) is 0 Å². The van der Waals surface area contributed by atoms with Crippen molar-refractivity contribution >= 4 is 27.1 Å². The van der Waals surface area contributed by atoms with Crippen LogP contribution in [0.15, 0.2) is 29.2 Å². The molecule has 1 rings (SSSR count). The first-order valence-corrected chi connectivity index (χ1v) is 6.20.